The number of amides is 1. The number of carbonyl (C=O) groups excluding carboxylic acids is 1. The number of benzene rings is 1. The summed E-state index contributed by atoms with van der Waals surface area (Å²) in [7, 11) is -3.66. The van der Waals surface area contributed by atoms with Gasteiger partial charge in [0.05, 0.1) is 4.90 Å². The molecular weight excluding hydrogens is 314 g/mol. The average molecular weight is 334 g/mol. The second-order valence-corrected chi connectivity index (χ2v) is 6.52. The predicted octanol–water partition coefficient (Wildman–Crippen LogP) is 0.514. The second-order valence-electron chi connectivity index (χ2n) is 4.96. The van der Waals surface area contributed by atoms with E-state index >= 15 is 0 Å². The molecule has 4 N–H and O–H groups in total. The van der Waals surface area contributed by atoms with Crippen molar-refractivity contribution in [1.29, 1.82) is 0 Å². The van der Waals surface area contributed by atoms with Gasteiger partial charge < -0.3 is 10.6 Å². The fraction of sp³-hybridized carbons (Fsp3) is 0.462. The van der Waals surface area contributed by atoms with Crippen molar-refractivity contribution in [3.63, 3.8) is 0 Å². The van der Waals surface area contributed by atoms with E-state index in [1.54, 1.807) is 12.1 Å². The fourth-order valence-corrected chi connectivity index (χ4v) is 2.74. The van der Waals surface area contributed by atoms with Gasteiger partial charge in [-0.05, 0) is 37.1 Å². The summed E-state index contributed by atoms with van der Waals surface area (Å²) in [5.74, 6) is -0.0000714. The topological polar surface area (TPSA) is 101 Å². The molecule has 1 amide bonds. The molecule has 21 heavy (non-hydrogen) atoms. The van der Waals surface area contributed by atoms with Crippen molar-refractivity contribution in [3.8, 4) is 0 Å². The van der Waals surface area contributed by atoms with Gasteiger partial charge >= 0.3 is 0 Å². The van der Waals surface area contributed by atoms with Crippen molar-refractivity contribution >= 4 is 28.3 Å². The van der Waals surface area contributed by atoms with E-state index in [2.05, 4.69) is 10.6 Å². The van der Waals surface area contributed by atoms with Crippen molar-refractivity contribution < 1.29 is 13.2 Å². The Hall–Kier alpha value is -1.15. The highest BCUT2D eigenvalue weighted by atomic mass is 35.5. The van der Waals surface area contributed by atoms with Crippen LogP contribution in [0.4, 0.5) is 0 Å². The second kappa shape index (κ2) is 7.74. The number of halogens is 1. The minimum Gasteiger partial charge on any atom is -0.352 e. The van der Waals surface area contributed by atoms with Gasteiger partial charge in [-0.25, -0.2) is 13.6 Å². The van der Waals surface area contributed by atoms with Crippen LogP contribution in [0.3, 0.4) is 0 Å². The highest BCUT2D eigenvalue weighted by Crippen LogP contribution is 2.10. The van der Waals surface area contributed by atoms with E-state index in [0.717, 1.165) is 24.9 Å². The van der Waals surface area contributed by atoms with Crippen molar-refractivity contribution in [2.75, 3.05) is 6.54 Å². The molecule has 1 aromatic rings. The van der Waals surface area contributed by atoms with Crippen LogP contribution in [0.2, 0.25) is 0 Å². The Morgan fingerprint density at radius 3 is 2.52 bits per heavy atom. The van der Waals surface area contributed by atoms with E-state index in [4.69, 9.17) is 5.14 Å². The van der Waals surface area contributed by atoms with Crippen LogP contribution in [0.5, 0.6) is 0 Å². The molecule has 2 rings (SSSR count). The third kappa shape index (κ3) is 5.62. The lowest BCUT2D eigenvalue weighted by molar-refractivity contribution is -0.121. The van der Waals surface area contributed by atoms with Crippen LogP contribution in [0.25, 0.3) is 0 Å². The predicted molar refractivity (Wildman–Crippen MR) is 82.6 cm³/mol. The van der Waals surface area contributed by atoms with Gasteiger partial charge in [-0.2, -0.15) is 0 Å². The zero-order valence-corrected chi connectivity index (χ0v) is 13.2. The molecule has 1 unspecified atom stereocenters. The van der Waals surface area contributed by atoms with Crippen LogP contribution in [-0.4, -0.2) is 26.9 Å². The monoisotopic (exact) mass is 333 g/mol. The lowest BCUT2D eigenvalue weighted by atomic mass is 10.1. The van der Waals surface area contributed by atoms with Gasteiger partial charge in [-0.3, -0.25) is 4.79 Å². The van der Waals surface area contributed by atoms with Crippen LogP contribution >= 0.6 is 12.4 Å². The van der Waals surface area contributed by atoms with Crippen molar-refractivity contribution in [2.45, 2.75) is 36.7 Å². The summed E-state index contributed by atoms with van der Waals surface area (Å²) in [6, 6.07) is 6.45. The molecule has 118 valence electrons. The molecule has 0 aromatic heterocycles. The molecule has 1 aliphatic rings. The van der Waals surface area contributed by atoms with E-state index in [1.807, 2.05) is 0 Å². The van der Waals surface area contributed by atoms with Gasteiger partial charge in [0.1, 0.15) is 0 Å². The third-order valence-corrected chi connectivity index (χ3v) is 4.26. The average Bonchev–Trinajstić information content (AvgIpc) is 2.88. The Kier molecular flexibility index (Phi) is 6.60. The van der Waals surface area contributed by atoms with Gasteiger partial charge in [-0.1, -0.05) is 12.1 Å². The van der Waals surface area contributed by atoms with Gasteiger partial charge in [0.15, 0.2) is 0 Å². The molecular formula is C13H20ClN3O3S. The highest BCUT2D eigenvalue weighted by molar-refractivity contribution is 7.89. The molecule has 1 saturated heterocycles. The first-order chi connectivity index (χ1) is 9.45. The number of primary sulfonamides is 1. The molecule has 0 aliphatic carbocycles. The molecule has 1 heterocycles. The van der Waals surface area contributed by atoms with Crippen LogP contribution < -0.4 is 15.8 Å². The van der Waals surface area contributed by atoms with Gasteiger partial charge in [-0.15, -0.1) is 12.4 Å². The summed E-state index contributed by atoms with van der Waals surface area (Å²) >= 11 is 0. The quantitative estimate of drug-likeness (QED) is 0.731. The lowest BCUT2D eigenvalue weighted by Gasteiger charge is -2.10. The Balaban J connectivity index is 0.00000220. The molecule has 1 atom stereocenters. The Labute approximate surface area is 130 Å². The largest absolute Gasteiger partial charge is 0.352 e. The van der Waals surface area contributed by atoms with Gasteiger partial charge in [0.2, 0.25) is 15.9 Å². The standard InChI is InChI=1S/C13H19N3O3S.ClH/c14-20(18,19)12-5-3-10(4-6-12)9-16-13(17)8-11-2-1-7-15-11;/h3-6,11,15H,1-2,7-9H2,(H,16,17)(H2,14,18,19);1H. The first-order valence-corrected chi connectivity index (χ1v) is 8.11. The van der Waals surface area contributed by atoms with E-state index in [-0.39, 0.29) is 29.3 Å². The van der Waals surface area contributed by atoms with E-state index in [1.165, 1.54) is 12.1 Å². The van der Waals surface area contributed by atoms with Crippen LogP contribution in [-0.2, 0) is 21.4 Å². The summed E-state index contributed by atoms with van der Waals surface area (Å²) in [6.07, 6.45) is 2.64. The summed E-state index contributed by atoms with van der Waals surface area (Å²) in [5.41, 5.74) is 0.838. The molecule has 1 aromatic carbocycles. The minimum absolute atomic E-state index is 0. The number of nitrogens with one attached hydrogen (secondary N) is 2. The first kappa shape index (κ1) is 17.9. The van der Waals surface area contributed by atoms with Crippen LogP contribution in [0.1, 0.15) is 24.8 Å². The number of hydrogen-bond acceptors (Lipinski definition) is 4. The number of hydrogen-bond donors (Lipinski definition) is 3. The van der Waals surface area contributed by atoms with E-state index in [9.17, 15) is 13.2 Å². The maximum atomic E-state index is 11.7. The number of rotatable bonds is 5. The Morgan fingerprint density at radius 2 is 2.00 bits per heavy atom. The van der Waals surface area contributed by atoms with Gasteiger partial charge in [0, 0.05) is 19.0 Å². The lowest BCUT2D eigenvalue weighted by Crippen LogP contribution is -2.31. The maximum absolute atomic E-state index is 11.7. The summed E-state index contributed by atoms with van der Waals surface area (Å²) in [4.78, 5) is 11.8. The molecule has 6 nitrogen and oxygen atoms in total. The van der Waals surface area contributed by atoms with Crippen molar-refractivity contribution in [1.82, 2.24) is 10.6 Å². The highest BCUT2D eigenvalue weighted by Gasteiger charge is 2.17. The first-order valence-electron chi connectivity index (χ1n) is 6.57. The van der Waals surface area contributed by atoms with Gasteiger partial charge in [0.25, 0.3) is 0 Å². The molecule has 0 bridgehead atoms. The Bertz CT molecular complexity index is 569. The molecule has 0 spiro atoms. The van der Waals surface area contributed by atoms with Crippen molar-refractivity contribution in [2.24, 2.45) is 5.14 Å². The fourth-order valence-electron chi connectivity index (χ4n) is 2.22. The number of carbonyl (C=O) groups is 1. The summed E-state index contributed by atoms with van der Waals surface area (Å²) in [6.45, 7) is 1.36. The zero-order valence-electron chi connectivity index (χ0n) is 11.5. The van der Waals surface area contributed by atoms with E-state index in [0.29, 0.717) is 13.0 Å². The molecule has 0 radical (unpaired) electrons. The summed E-state index contributed by atoms with van der Waals surface area (Å²) in [5, 5.41) is 11.1. The third-order valence-electron chi connectivity index (χ3n) is 3.34. The molecule has 1 fully saturated rings. The molecule has 1 aliphatic heterocycles. The maximum Gasteiger partial charge on any atom is 0.238 e. The van der Waals surface area contributed by atoms with E-state index < -0.39 is 10.0 Å². The SMILES string of the molecule is Cl.NS(=O)(=O)c1ccc(CNC(=O)CC2CCCN2)cc1. The van der Waals surface area contributed by atoms with Crippen LogP contribution in [0.15, 0.2) is 29.2 Å². The van der Waals surface area contributed by atoms with Crippen molar-refractivity contribution in [3.05, 3.63) is 29.8 Å². The minimum atomic E-state index is -3.66. The Morgan fingerprint density at radius 1 is 1.33 bits per heavy atom. The number of nitrogens with two attached hydrogens (primary N) is 1. The summed E-state index contributed by atoms with van der Waals surface area (Å²) < 4.78 is 22.2. The normalized spacial score (nSPS) is 18.0. The van der Waals surface area contributed by atoms with Crippen LogP contribution in [0, 0.1) is 0 Å². The smallest absolute Gasteiger partial charge is 0.238 e. The molecule has 8 heteroatoms. The number of sulfonamides is 1. The molecule has 0 saturated carbocycles. The zero-order chi connectivity index (χ0) is 14.6.